The van der Waals surface area contributed by atoms with Crippen molar-refractivity contribution in [1.29, 1.82) is 0 Å². The van der Waals surface area contributed by atoms with Crippen LogP contribution < -0.4 is 11.3 Å². The predicted molar refractivity (Wildman–Crippen MR) is 65.2 cm³/mol. The highest BCUT2D eigenvalue weighted by Crippen LogP contribution is 2.30. The van der Waals surface area contributed by atoms with Crippen molar-refractivity contribution < 1.29 is 9.90 Å². The maximum atomic E-state index is 11.6. The molecule has 0 unspecified atom stereocenters. The lowest BCUT2D eigenvalue weighted by Gasteiger charge is -2.09. The van der Waals surface area contributed by atoms with Gasteiger partial charge in [0.05, 0.1) is 0 Å². The van der Waals surface area contributed by atoms with Crippen molar-refractivity contribution in [2.24, 2.45) is 5.84 Å². The number of amides is 1. The minimum Gasteiger partial charge on any atom is -0.507 e. The van der Waals surface area contributed by atoms with Gasteiger partial charge in [-0.1, -0.05) is 36.4 Å². The second-order valence-electron chi connectivity index (χ2n) is 3.54. The fourth-order valence-electron chi connectivity index (χ4n) is 1.70. The van der Waals surface area contributed by atoms with E-state index in [1.54, 1.807) is 48.5 Å². The number of benzene rings is 2. The zero-order valence-electron chi connectivity index (χ0n) is 9.05. The Labute approximate surface area is 98.7 Å². The van der Waals surface area contributed by atoms with Crippen LogP contribution in [0.15, 0.2) is 48.5 Å². The quantitative estimate of drug-likeness (QED) is 0.415. The van der Waals surface area contributed by atoms with Gasteiger partial charge < -0.3 is 5.11 Å². The van der Waals surface area contributed by atoms with Gasteiger partial charge in [0.15, 0.2) is 0 Å². The molecule has 0 atom stereocenters. The highest BCUT2D eigenvalue weighted by Gasteiger charge is 2.12. The number of nitrogens with two attached hydrogens (primary N) is 1. The van der Waals surface area contributed by atoms with Crippen LogP contribution >= 0.6 is 0 Å². The lowest BCUT2D eigenvalue weighted by atomic mass is 9.98. The molecule has 0 saturated heterocycles. The molecule has 2 rings (SSSR count). The topological polar surface area (TPSA) is 75.3 Å². The van der Waals surface area contributed by atoms with Gasteiger partial charge in [-0.25, -0.2) is 5.84 Å². The average Bonchev–Trinajstić information content (AvgIpc) is 2.38. The summed E-state index contributed by atoms with van der Waals surface area (Å²) in [4.78, 5) is 11.6. The third kappa shape index (κ3) is 2.11. The van der Waals surface area contributed by atoms with Crippen LogP contribution in [0.4, 0.5) is 0 Å². The van der Waals surface area contributed by atoms with Crippen LogP contribution in [0.3, 0.4) is 0 Å². The van der Waals surface area contributed by atoms with Crippen LogP contribution in [-0.2, 0) is 0 Å². The van der Waals surface area contributed by atoms with E-state index in [-0.39, 0.29) is 11.7 Å². The van der Waals surface area contributed by atoms with E-state index in [0.29, 0.717) is 16.7 Å². The first-order valence-electron chi connectivity index (χ1n) is 5.12. The molecular weight excluding hydrogens is 216 g/mol. The molecule has 0 saturated carbocycles. The lowest BCUT2D eigenvalue weighted by Crippen LogP contribution is -2.30. The standard InChI is InChI=1S/C13H12N2O2/c14-15-13(17)11-7-2-1-5-9(11)10-6-3-4-8-12(10)16/h1-8,16H,14H2,(H,15,17). The number of nitrogens with one attached hydrogen (secondary N) is 1. The van der Waals surface area contributed by atoms with Crippen LogP contribution in [0, 0.1) is 0 Å². The summed E-state index contributed by atoms with van der Waals surface area (Å²) >= 11 is 0. The highest BCUT2D eigenvalue weighted by atomic mass is 16.3. The van der Waals surface area contributed by atoms with Gasteiger partial charge >= 0.3 is 0 Å². The van der Waals surface area contributed by atoms with Crippen molar-refractivity contribution in [1.82, 2.24) is 5.43 Å². The van der Waals surface area contributed by atoms with Gasteiger partial charge in [-0.3, -0.25) is 10.2 Å². The van der Waals surface area contributed by atoms with Crippen molar-refractivity contribution in [2.75, 3.05) is 0 Å². The Morgan fingerprint density at radius 2 is 1.59 bits per heavy atom. The fraction of sp³-hybridized carbons (Fsp3) is 0. The van der Waals surface area contributed by atoms with Crippen molar-refractivity contribution in [3.05, 3.63) is 54.1 Å². The third-order valence-corrected chi connectivity index (χ3v) is 2.50. The number of hydrogen-bond donors (Lipinski definition) is 3. The van der Waals surface area contributed by atoms with Gasteiger partial charge in [0, 0.05) is 11.1 Å². The Morgan fingerprint density at radius 1 is 1.00 bits per heavy atom. The zero-order chi connectivity index (χ0) is 12.3. The van der Waals surface area contributed by atoms with Crippen molar-refractivity contribution in [3.8, 4) is 16.9 Å². The fourth-order valence-corrected chi connectivity index (χ4v) is 1.70. The SMILES string of the molecule is NNC(=O)c1ccccc1-c1ccccc1O. The number of carbonyl (C=O) groups is 1. The van der Waals surface area contributed by atoms with Crippen LogP contribution in [0.1, 0.15) is 10.4 Å². The summed E-state index contributed by atoms with van der Waals surface area (Å²) in [6.07, 6.45) is 0. The number of nitrogen functional groups attached to an aromatic ring is 1. The summed E-state index contributed by atoms with van der Waals surface area (Å²) in [7, 11) is 0. The average molecular weight is 228 g/mol. The Hall–Kier alpha value is -2.33. The minimum atomic E-state index is -0.385. The number of para-hydroxylation sites is 1. The molecule has 2 aromatic rings. The Bertz CT molecular complexity index is 553. The number of rotatable bonds is 2. The van der Waals surface area contributed by atoms with E-state index in [4.69, 9.17) is 5.84 Å². The molecule has 4 N–H and O–H groups in total. The van der Waals surface area contributed by atoms with Crippen molar-refractivity contribution in [2.45, 2.75) is 0 Å². The maximum Gasteiger partial charge on any atom is 0.265 e. The van der Waals surface area contributed by atoms with Crippen LogP contribution in [0.25, 0.3) is 11.1 Å². The zero-order valence-corrected chi connectivity index (χ0v) is 9.05. The molecule has 2 aromatic carbocycles. The number of phenolic OH excluding ortho intramolecular Hbond substituents is 1. The molecule has 0 aromatic heterocycles. The molecule has 17 heavy (non-hydrogen) atoms. The summed E-state index contributed by atoms with van der Waals surface area (Å²) < 4.78 is 0. The molecule has 4 heteroatoms. The molecule has 0 heterocycles. The van der Waals surface area contributed by atoms with Crippen molar-refractivity contribution >= 4 is 5.91 Å². The van der Waals surface area contributed by atoms with E-state index in [2.05, 4.69) is 5.43 Å². The van der Waals surface area contributed by atoms with E-state index < -0.39 is 0 Å². The molecule has 0 aliphatic rings. The second kappa shape index (κ2) is 4.67. The largest absolute Gasteiger partial charge is 0.507 e. The van der Waals surface area contributed by atoms with Gasteiger partial charge in [0.2, 0.25) is 0 Å². The normalized spacial score (nSPS) is 9.94. The second-order valence-corrected chi connectivity index (χ2v) is 3.54. The van der Waals surface area contributed by atoms with E-state index in [1.807, 2.05) is 0 Å². The monoisotopic (exact) mass is 228 g/mol. The summed E-state index contributed by atoms with van der Waals surface area (Å²) in [6, 6.07) is 13.8. The summed E-state index contributed by atoms with van der Waals surface area (Å²) in [6.45, 7) is 0. The Morgan fingerprint density at radius 3 is 2.24 bits per heavy atom. The molecule has 0 spiro atoms. The van der Waals surface area contributed by atoms with Gasteiger partial charge in [-0.15, -0.1) is 0 Å². The maximum absolute atomic E-state index is 11.6. The molecule has 0 aliphatic heterocycles. The number of hydrazine groups is 1. The molecule has 86 valence electrons. The molecular formula is C13H12N2O2. The first kappa shape index (κ1) is 11.2. The van der Waals surface area contributed by atoms with E-state index >= 15 is 0 Å². The molecule has 0 bridgehead atoms. The van der Waals surface area contributed by atoms with Crippen molar-refractivity contribution in [3.63, 3.8) is 0 Å². The van der Waals surface area contributed by atoms with Gasteiger partial charge in [0.25, 0.3) is 5.91 Å². The van der Waals surface area contributed by atoms with Crippen LogP contribution in [0.5, 0.6) is 5.75 Å². The first-order chi connectivity index (χ1) is 8.24. The summed E-state index contributed by atoms with van der Waals surface area (Å²) in [5.41, 5.74) is 3.77. The molecule has 0 aliphatic carbocycles. The molecule has 1 amide bonds. The van der Waals surface area contributed by atoms with Gasteiger partial charge in [-0.2, -0.15) is 0 Å². The van der Waals surface area contributed by atoms with E-state index in [0.717, 1.165) is 0 Å². The minimum absolute atomic E-state index is 0.129. The number of aromatic hydroxyl groups is 1. The lowest BCUT2D eigenvalue weighted by molar-refractivity contribution is 0.0954. The Kier molecular flexibility index (Phi) is 3.07. The number of carbonyl (C=O) groups excluding carboxylic acids is 1. The third-order valence-electron chi connectivity index (χ3n) is 2.50. The van der Waals surface area contributed by atoms with E-state index in [9.17, 15) is 9.90 Å². The smallest absolute Gasteiger partial charge is 0.265 e. The summed E-state index contributed by atoms with van der Waals surface area (Å²) in [5.74, 6) is 4.87. The molecule has 0 fully saturated rings. The molecule has 4 nitrogen and oxygen atoms in total. The number of phenols is 1. The number of hydrogen-bond acceptors (Lipinski definition) is 3. The Balaban J connectivity index is 2.60. The van der Waals surface area contributed by atoms with Crippen LogP contribution in [-0.4, -0.2) is 11.0 Å². The van der Waals surface area contributed by atoms with E-state index in [1.165, 1.54) is 0 Å². The van der Waals surface area contributed by atoms with Crippen LogP contribution in [0.2, 0.25) is 0 Å². The van der Waals surface area contributed by atoms with Gasteiger partial charge in [0.1, 0.15) is 5.75 Å². The van der Waals surface area contributed by atoms with Gasteiger partial charge in [-0.05, 0) is 17.7 Å². The summed E-state index contributed by atoms with van der Waals surface area (Å²) in [5, 5.41) is 9.78. The molecule has 0 radical (unpaired) electrons. The predicted octanol–water partition coefficient (Wildman–Crippen LogP) is 1.66. The first-order valence-corrected chi connectivity index (χ1v) is 5.12. The highest BCUT2D eigenvalue weighted by molar-refractivity contribution is 6.01.